The van der Waals surface area contributed by atoms with Crippen LogP contribution in [0.4, 0.5) is 0 Å². The summed E-state index contributed by atoms with van der Waals surface area (Å²) in [5, 5.41) is 77.3. The maximum atomic E-state index is 11.3. The molecule has 0 aliphatic carbocycles. The van der Waals surface area contributed by atoms with Crippen molar-refractivity contribution in [2.45, 2.75) is 52.7 Å². The number of aliphatic hydroxyl groups excluding tert-OH is 4. The fraction of sp³-hybridized carbons (Fsp3) is 0.778. The van der Waals surface area contributed by atoms with Crippen molar-refractivity contribution in [2.75, 3.05) is 26.3 Å². The molecule has 0 spiro atoms. The topological polar surface area (TPSA) is 250 Å². The molecule has 33 heavy (non-hydrogen) atoms. The van der Waals surface area contributed by atoms with Gasteiger partial charge in [0.2, 0.25) is 0 Å². The van der Waals surface area contributed by atoms with E-state index in [4.69, 9.17) is 10.2 Å². The molecule has 0 aromatic rings. The predicted octanol–water partition coefficient (Wildman–Crippen LogP) is -7.55. The van der Waals surface area contributed by atoms with E-state index >= 15 is 0 Å². The van der Waals surface area contributed by atoms with Crippen molar-refractivity contribution in [1.29, 1.82) is 0 Å². The molecule has 0 aliphatic rings. The average Bonchev–Trinajstić information content (AvgIpc) is 2.73. The van der Waals surface area contributed by atoms with Crippen LogP contribution in [0.15, 0.2) is 0 Å². The largest absolute Gasteiger partial charge is 2.00 e. The van der Waals surface area contributed by atoms with Crippen LogP contribution in [0.2, 0.25) is 0 Å². The van der Waals surface area contributed by atoms with Gasteiger partial charge in [0.1, 0.15) is 0 Å². The molecule has 0 fully saturated rings. The van der Waals surface area contributed by atoms with Gasteiger partial charge in [-0.1, -0.05) is 27.7 Å². The van der Waals surface area contributed by atoms with Gasteiger partial charge < -0.3 is 60.8 Å². The number of rotatable bonds is 12. The zero-order valence-corrected chi connectivity index (χ0v) is 21.4. The Kier molecular flexibility index (Phi) is 18.7. The summed E-state index contributed by atoms with van der Waals surface area (Å²) in [6, 6.07) is 0. The standard InChI is InChI=1S/2C9H17NO6.Ca/c2*1-9(2,5-11)7(14)8(15)10(16)4-3-6(12)13;/h2*7,10-11,14H,3-5H2,1-2H3,(H,12,13);/q;;+2/p-2/t2*7-;/m00./s1. The van der Waals surface area contributed by atoms with E-state index in [0.29, 0.717) is 0 Å². The van der Waals surface area contributed by atoms with Gasteiger partial charge in [-0.15, -0.1) is 0 Å². The SMILES string of the molecule is CC(C)(CO)[C@@H](O)C(=O)[NH+]([O-])CCC(=O)[O-].CC(C)(CO)[C@@H](O)C(=O)[NH+]([O-])CCC(=O)[O-].[Ca+2]. The maximum Gasteiger partial charge on any atom is 2.00 e. The molecule has 0 rings (SSSR count). The molecule has 0 aromatic heterocycles. The first kappa shape index (κ1) is 36.8. The molecule has 2 amide bonds. The van der Waals surface area contributed by atoms with Crippen LogP contribution in [0.1, 0.15) is 40.5 Å². The predicted molar refractivity (Wildman–Crippen MR) is 107 cm³/mol. The van der Waals surface area contributed by atoms with Crippen molar-refractivity contribution in [3.8, 4) is 0 Å². The summed E-state index contributed by atoms with van der Waals surface area (Å²) in [4.78, 5) is 42.8. The van der Waals surface area contributed by atoms with E-state index in [9.17, 15) is 50.0 Å². The van der Waals surface area contributed by atoms with Gasteiger partial charge in [0.05, 0.1) is 26.3 Å². The van der Waals surface area contributed by atoms with Gasteiger partial charge in [0, 0.05) is 35.6 Å². The Labute approximate surface area is 220 Å². The summed E-state index contributed by atoms with van der Waals surface area (Å²) in [5.74, 6) is -5.03. The summed E-state index contributed by atoms with van der Waals surface area (Å²) in [6.45, 7) is 3.74. The molecule has 0 saturated heterocycles. The van der Waals surface area contributed by atoms with Gasteiger partial charge in [0.25, 0.3) is 0 Å². The van der Waals surface area contributed by atoms with E-state index in [1.807, 2.05) is 0 Å². The third-order valence-electron chi connectivity index (χ3n) is 4.45. The van der Waals surface area contributed by atoms with Gasteiger partial charge in [-0.2, -0.15) is 0 Å². The molecule has 4 atom stereocenters. The Morgan fingerprint density at radius 2 is 0.970 bits per heavy atom. The fourth-order valence-electron chi connectivity index (χ4n) is 1.87. The van der Waals surface area contributed by atoms with Crippen LogP contribution in [0, 0.1) is 21.2 Å². The maximum absolute atomic E-state index is 11.3. The minimum atomic E-state index is -1.63. The van der Waals surface area contributed by atoms with E-state index < -0.39 is 96.1 Å². The van der Waals surface area contributed by atoms with Crippen LogP contribution in [0.5, 0.6) is 0 Å². The second-order valence-corrected chi connectivity index (χ2v) is 8.42. The number of carbonyl (C=O) groups excluding carboxylic acids is 4. The summed E-state index contributed by atoms with van der Waals surface area (Å²) in [6.07, 6.45) is -4.38. The molecule has 0 aromatic carbocycles. The molecule has 0 bridgehead atoms. The fourth-order valence-corrected chi connectivity index (χ4v) is 1.87. The van der Waals surface area contributed by atoms with Crippen molar-refractivity contribution in [3.63, 3.8) is 0 Å². The summed E-state index contributed by atoms with van der Waals surface area (Å²) >= 11 is 0. The Morgan fingerprint density at radius 3 is 1.15 bits per heavy atom. The summed E-state index contributed by atoms with van der Waals surface area (Å²) in [7, 11) is 0. The van der Waals surface area contributed by atoms with E-state index in [1.54, 1.807) is 0 Å². The van der Waals surface area contributed by atoms with Gasteiger partial charge in [0.15, 0.2) is 12.2 Å². The number of aliphatic carboxylic acids is 2. The van der Waals surface area contributed by atoms with Crippen molar-refractivity contribution >= 4 is 61.5 Å². The number of carboxylic acids is 2. The third-order valence-corrected chi connectivity index (χ3v) is 4.45. The number of carbonyl (C=O) groups is 4. The van der Waals surface area contributed by atoms with Gasteiger partial charge in [-0.05, 0) is 0 Å². The van der Waals surface area contributed by atoms with Gasteiger partial charge in [-0.3, -0.25) is 0 Å². The Balaban J connectivity index is -0.000000529. The molecule has 0 radical (unpaired) electrons. The molecule has 0 saturated carbocycles. The molecule has 14 nitrogen and oxygen atoms in total. The monoisotopic (exact) mass is 508 g/mol. The summed E-state index contributed by atoms with van der Waals surface area (Å²) < 4.78 is 0. The van der Waals surface area contributed by atoms with Crippen molar-refractivity contribution < 1.29 is 59.9 Å². The minimum absolute atomic E-state index is 0. The molecule has 15 heteroatoms. The number of hydrogen-bond donors (Lipinski definition) is 6. The third kappa shape index (κ3) is 14.3. The van der Waals surface area contributed by atoms with E-state index in [-0.39, 0.29) is 37.7 Å². The van der Waals surface area contributed by atoms with Crippen LogP contribution in [-0.2, 0) is 19.2 Å². The molecule has 6 N–H and O–H groups in total. The van der Waals surface area contributed by atoms with Crippen LogP contribution in [0.25, 0.3) is 0 Å². The quantitative estimate of drug-likeness (QED) is 0.106. The van der Waals surface area contributed by atoms with Crippen LogP contribution < -0.4 is 20.3 Å². The summed E-state index contributed by atoms with van der Waals surface area (Å²) in [5.41, 5.74) is -2.26. The minimum Gasteiger partial charge on any atom is -0.627 e. The smallest absolute Gasteiger partial charge is 0.627 e. The van der Waals surface area contributed by atoms with Crippen LogP contribution in [0.3, 0.4) is 0 Å². The number of quaternary nitrogens is 2. The molecular weight excluding hydrogens is 476 g/mol. The molecule has 0 heterocycles. The average molecular weight is 509 g/mol. The van der Waals surface area contributed by atoms with Gasteiger partial charge >= 0.3 is 49.6 Å². The number of amides is 2. The Hall–Kier alpha value is -0.780. The van der Waals surface area contributed by atoms with Crippen molar-refractivity contribution in [2.24, 2.45) is 10.8 Å². The van der Waals surface area contributed by atoms with Crippen LogP contribution in [-0.4, -0.2) is 120 Å². The number of aliphatic hydroxyl groups is 4. The van der Waals surface area contributed by atoms with Crippen molar-refractivity contribution in [1.82, 2.24) is 0 Å². The number of hydrogen-bond acceptors (Lipinski definition) is 12. The second-order valence-electron chi connectivity index (χ2n) is 8.42. The second kappa shape index (κ2) is 16.8. The molecule has 0 aliphatic heterocycles. The molecule has 2 unspecified atom stereocenters. The number of nitrogens with one attached hydrogen (secondary N) is 2. The van der Waals surface area contributed by atoms with E-state index in [0.717, 1.165) is 0 Å². The Morgan fingerprint density at radius 1 is 0.727 bits per heavy atom. The molecular formula is C18H32CaN2O12. The van der Waals surface area contributed by atoms with Crippen molar-refractivity contribution in [3.05, 3.63) is 10.4 Å². The number of hydroxylamine groups is 4. The Bertz CT molecular complexity index is 590. The number of carboxylic acid groups (broad SMARTS) is 2. The van der Waals surface area contributed by atoms with E-state index in [2.05, 4.69) is 0 Å². The zero-order chi connectivity index (χ0) is 25.9. The van der Waals surface area contributed by atoms with E-state index in [1.165, 1.54) is 27.7 Å². The first-order chi connectivity index (χ1) is 14.4. The van der Waals surface area contributed by atoms with Gasteiger partial charge in [-0.25, -0.2) is 9.59 Å². The normalized spacial score (nSPS) is 15.1. The van der Waals surface area contributed by atoms with Crippen LogP contribution >= 0.6 is 0 Å². The molecule has 188 valence electrons. The first-order valence-electron chi connectivity index (χ1n) is 9.56. The zero-order valence-electron chi connectivity index (χ0n) is 19.2. The first-order valence-corrected chi connectivity index (χ1v) is 9.56.